The molecule has 0 aliphatic carbocycles. The molecule has 0 aliphatic heterocycles. The summed E-state index contributed by atoms with van der Waals surface area (Å²) in [5.41, 5.74) is 3.33. The van der Waals surface area contributed by atoms with Crippen LogP contribution in [0.4, 0.5) is 0 Å². The summed E-state index contributed by atoms with van der Waals surface area (Å²) in [6, 6.07) is 7.78. The lowest BCUT2D eigenvalue weighted by atomic mass is 10.1. The van der Waals surface area contributed by atoms with E-state index in [4.69, 9.17) is 10.2 Å². The lowest BCUT2D eigenvalue weighted by Gasteiger charge is -2.03. The van der Waals surface area contributed by atoms with E-state index in [2.05, 4.69) is 6.08 Å². The van der Waals surface area contributed by atoms with Crippen LogP contribution < -0.4 is 0 Å². The third-order valence-corrected chi connectivity index (χ3v) is 1.85. The lowest BCUT2D eigenvalue weighted by molar-refractivity contribution is -0.0381. The van der Waals surface area contributed by atoms with Gasteiger partial charge in [0.15, 0.2) is 6.29 Å². The van der Waals surface area contributed by atoms with Crippen LogP contribution in [0.15, 0.2) is 29.8 Å². The number of allylic oxidation sites excluding steroid dienone is 1. The van der Waals surface area contributed by atoms with Crippen LogP contribution in [0, 0.1) is 0 Å². The quantitative estimate of drug-likeness (QED) is 0.719. The fourth-order valence-corrected chi connectivity index (χ4v) is 1.29. The van der Waals surface area contributed by atoms with E-state index in [0.717, 1.165) is 11.1 Å². The number of hydrogen-bond acceptors (Lipinski definition) is 2. The van der Waals surface area contributed by atoms with Gasteiger partial charge in [0.05, 0.1) is 0 Å². The van der Waals surface area contributed by atoms with Gasteiger partial charge in [-0.1, -0.05) is 35.9 Å². The van der Waals surface area contributed by atoms with Crippen LogP contribution >= 0.6 is 0 Å². The van der Waals surface area contributed by atoms with E-state index in [9.17, 15) is 0 Å². The second kappa shape index (κ2) is 4.94. The van der Waals surface area contributed by atoms with Crippen LogP contribution in [-0.2, 0) is 6.42 Å². The van der Waals surface area contributed by atoms with Crippen molar-refractivity contribution >= 4 is 6.08 Å². The van der Waals surface area contributed by atoms with Gasteiger partial charge < -0.3 is 10.2 Å². The third kappa shape index (κ3) is 3.73. The number of benzene rings is 1. The molecule has 0 aliphatic rings. The highest BCUT2D eigenvalue weighted by Gasteiger charge is 1.99. The van der Waals surface area contributed by atoms with E-state index in [1.807, 2.05) is 38.1 Å². The molecular formula is C12H16O2. The van der Waals surface area contributed by atoms with E-state index in [1.54, 1.807) is 0 Å². The maximum absolute atomic E-state index is 8.76. The van der Waals surface area contributed by atoms with Gasteiger partial charge in [0.1, 0.15) is 0 Å². The van der Waals surface area contributed by atoms with E-state index in [0.29, 0.717) is 0 Å². The molecule has 1 aromatic carbocycles. The smallest absolute Gasteiger partial charge is 0.155 e. The summed E-state index contributed by atoms with van der Waals surface area (Å²) in [6.07, 6.45) is 1.11. The van der Waals surface area contributed by atoms with Crippen LogP contribution in [0.2, 0.25) is 0 Å². The van der Waals surface area contributed by atoms with Crippen molar-refractivity contribution in [3.8, 4) is 0 Å². The summed E-state index contributed by atoms with van der Waals surface area (Å²) in [5, 5.41) is 17.5. The van der Waals surface area contributed by atoms with Crippen molar-refractivity contribution in [3.05, 3.63) is 41.0 Å². The van der Waals surface area contributed by atoms with Crippen LogP contribution in [0.1, 0.15) is 25.0 Å². The summed E-state index contributed by atoms with van der Waals surface area (Å²) in [5.74, 6) is 0. The van der Waals surface area contributed by atoms with Gasteiger partial charge >= 0.3 is 0 Å². The van der Waals surface area contributed by atoms with Gasteiger partial charge in [0.2, 0.25) is 0 Å². The van der Waals surface area contributed by atoms with Gasteiger partial charge in [-0.05, 0) is 25.0 Å². The van der Waals surface area contributed by atoms with Crippen LogP contribution in [0.3, 0.4) is 0 Å². The molecule has 0 saturated heterocycles. The zero-order valence-electron chi connectivity index (χ0n) is 8.57. The molecular weight excluding hydrogens is 176 g/mol. The Labute approximate surface area is 84.5 Å². The minimum Gasteiger partial charge on any atom is -0.368 e. The first-order chi connectivity index (χ1) is 6.58. The topological polar surface area (TPSA) is 40.5 Å². The summed E-state index contributed by atoms with van der Waals surface area (Å²) < 4.78 is 0. The monoisotopic (exact) mass is 192 g/mol. The summed E-state index contributed by atoms with van der Waals surface area (Å²) >= 11 is 0. The Morgan fingerprint density at radius 1 is 1.21 bits per heavy atom. The molecule has 0 fully saturated rings. The van der Waals surface area contributed by atoms with Crippen molar-refractivity contribution < 1.29 is 10.2 Å². The van der Waals surface area contributed by atoms with Crippen molar-refractivity contribution in [2.45, 2.75) is 26.6 Å². The molecule has 1 rings (SSSR count). The summed E-state index contributed by atoms with van der Waals surface area (Å²) in [7, 11) is 0. The van der Waals surface area contributed by atoms with Gasteiger partial charge in [0.25, 0.3) is 0 Å². The van der Waals surface area contributed by atoms with Gasteiger partial charge in [-0.3, -0.25) is 0 Å². The molecule has 76 valence electrons. The number of aliphatic hydroxyl groups is 2. The highest BCUT2D eigenvalue weighted by atomic mass is 16.5. The first kappa shape index (κ1) is 11.0. The Morgan fingerprint density at radius 2 is 1.79 bits per heavy atom. The molecule has 14 heavy (non-hydrogen) atoms. The minimum absolute atomic E-state index is 0.287. The predicted octanol–water partition coefficient (Wildman–Crippen LogP) is 1.96. The van der Waals surface area contributed by atoms with E-state index < -0.39 is 6.29 Å². The zero-order chi connectivity index (χ0) is 10.6. The first-order valence-corrected chi connectivity index (χ1v) is 4.68. The van der Waals surface area contributed by atoms with Crippen LogP contribution in [0.25, 0.3) is 6.08 Å². The fourth-order valence-electron chi connectivity index (χ4n) is 1.29. The zero-order valence-corrected chi connectivity index (χ0v) is 8.57. The minimum atomic E-state index is -1.26. The van der Waals surface area contributed by atoms with Crippen molar-refractivity contribution in [3.63, 3.8) is 0 Å². The summed E-state index contributed by atoms with van der Waals surface area (Å²) in [4.78, 5) is 0. The van der Waals surface area contributed by atoms with E-state index in [1.165, 1.54) is 5.57 Å². The molecule has 2 nitrogen and oxygen atoms in total. The molecule has 0 aromatic heterocycles. The lowest BCUT2D eigenvalue weighted by Crippen LogP contribution is -2.07. The second-order valence-corrected chi connectivity index (χ2v) is 3.65. The Hall–Kier alpha value is -1.12. The summed E-state index contributed by atoms with van der Waals surface area (Å²) in [6.45, 7) is 4.09. The van der Waals surface area contributed by atoms with E-state index >= 15 is 0 Å². The van der Waals surface area contributed by atoms with Crippen molar-refractivity contribution in [1.82, 2.24) is 0 Å². The Morgan fingerprint density at radius 3 is 2.21 bits per heavy atom. The third-order valence-electron chi connectivity index (χ3n) is 1.85. The van der Waals surface area contributed by atoms with Crippen LogP contribution in [-0.4, -0.2) is 16.5 Å². The highest BCUT2D eigenvalue weighted by molar-refractivity contribution is 5.52. The molecule has 2 N–H and O–H groups in total. The highest BCUT2D eigenvalue weighted by Crippen LogP contribution is 2.09. The van der Waals surface area contributed by atoms with Crippen molar-refractivity contribution in [2.24, 2.45) is 0 Å². The number of aliphatic hydroxyl groups excluding tert-OH is 1. The average molecular weight is 192 g/mol. The SMILES string of the molecule is CC(C)=Cc1ccc(CC(O)O)cc1. The largest absolute Gasteiger partial charge is 0.368 e. The number of hydrogen-bond donors (Lipinski definition) is 2. The molecule has 0 atom stereocenters. The molecule has 2 heteroatoms. The Kier molecular flexibility index (Phi) is 3.86. The molecule has 0 unspecified atom stereocenters. The fraction of sp³-hybridized carbons (Fsp3) is 0.333. The van der Waals surface area contributed by atoms with Gasteiger partial charge in [-0.25, -0.2) is 0 Å². The normalized spacial score (nSPS) is 10.4. The van der Waals surface area contributed by atoms with Crippen molar-refractivity contribution in [2.75, 3.05) is 0 Å². The number of rotatable bonds is 3. The molecule has 0 amide bonds. The van der Waals surface area contributed by atoms with Gasteiger partial charge in [-0.2, -0.15) is 0 Å². The average Bonchev–Trinajstić information content (AvgIpc) is 2.06. The molecule has 0 spiro atoms. The molecule has 1 aromatic rings. The Balaban J connectivity index is 2.74. The second-order valence-electron chi connectivity index (χ2n) is 3.65. The maximum Gasteiger partial charge on any atom is 0.155 e. The maximum atomic E-state index is 8.76. The first-order valence-electron chi connectivity index (χ1n) is 4.68. The van der Waals surface area contributed by atoms with Gasteiger partial charge in [-0.15, -0.1) is 0 Å². The molecule has 0 saturated carbocycles. The molecule has 0 heterocycles. The standard InChI is InChI=1S/C12H16O2/c1-9(2)7-10-3-5-11(6-4-10)8-12(13)14/h3-7,12-14H,8H2,1-2H3. The van der Waals surface area contributed by atoms with Crippen molar-refractivity contribution in [1.29, 1.82) is 0 Å². The van der Waals surface area contributed by atoms with Gasteiger partial charge in [0, 0.05) is 6.42 Å². The predicted molar refractivity (Wildman–Crippen MR) is 57.7 cm³/mol. The molecule has 0 bridgehead atoms. The molecule has 0 radical (unpaired) electrons. The van der Waals surface area contributed by atoms with E-state index in [-0.39, 0.29) is 6.42 Å². The van der Waals surface area contributed by atoms with Crippen LogP contribution in [0.5, 0.6) is 0 Å². The Bertz CT molecular complexity index is 306.